The summed E-state index contributed by atoms with van der Waals surface area (Å²) in [5.41, 5.74) is 7.56. The van der Waals surface area contributed by atoms with Gasteiger partial charge in [0.15, 0.2) is 0 Å². The van der Waals surface area contributed by atoms with Crippen LogP contribution in [0.5, 0.6) is 0 Å². The zero-order valence-corrected chi connectivity index (χ0v) is 21.5. The number of fused-ring (bicyclic) bond motifs is 3. The summed E-state index contributed by atoms with van der Waals surface area (Å²) in [6.45, 7) is 0. The van der Waals surface area contributed by atoms with Crippen LogP contribution in [0.25, 0.3) is 77.3 Å². The van der Waals surface area contributed by atoms with E-state index >= 15 is 0 Å². The molecule has 3 aromatic heterocycles. The van der Waals surface area contributed by atoms with Crippen LogP contribution in [0.4, 0.5) is 0 Å². The summed E-state index contributed by atoms with van der Waals surface area (Å²) >= 11 is 0. The van der Waals surface area contributed by atoms with Gasteiger partial charge in [-0.05, 0) is 41.8 Å². The van der Waals surface area contributed by atoms with Gasteiger partial charge in [0, 0.05) is 44.4 Å². The lowest BCUT2D eigenvalue weighted by Gasteiger charge is -2.12. The molecule has 4 heteroatoms. The summed E-state index contributed by atoms with van der Waals surface area (Å²) < 4.78 is 4.55. The van der Waals surface area contributed by atoms with Crippen molar-refractivity contribution >= 4 is 54.4 Å². The number of para-hydroxylation sites is 2. The first-order valence-corrected chi connectivity index (χ1v) is 13.5. The molecule has 0 spiro atoms. The number of aromatic nitrogens is 4. The highest BCUT2D eigenvalue weighted by Crippen LogP contribution is 2.42. The summed E-state index contributed by atoms with van der Waals surface area (Å²) in [6, 6.07) is 44.8. The van der Waals surface area contributed by atoms with E-state index in [1.165, 1.54) is 32.4 Å². The molecule has 0 aliphatic heterocycles. The predicted octanol–water partition coefficient (Wildman–Crippen LogP) is 8.93. The fourth-order valence-electron chi connectivity index (χ4n) is 6.38. The van der Waals surface area contributed by atoms with Crippen molar-refractivity contribution in [1.29, 1.82) is 0 Å². The van der Waals surface area contributed by atoms with Crippen LogP contribution in [0.2, 0.25) is 0 Å². The highest BCUT2D eigenvalue weighted by atomic mass is 15.2. The average molecular weight is 511 g/mol. The van der Waals surface area contributed by atoms with Crippen LogP contribution in [-0.4, -0.2) is 19.1 Å². The van der Waals surface area contributed by atoms with Gasteiger partial charge in [-0.25, -0.2) is 9.97 Å². The van der Waals surface area contributed by atoms with E-state index in [9.17, 15) is 0 Å². The van der Waals surface area contributed by atoms with Crippen LogP contribution in [-0.2, 0) is 0 Å². The third kappa shape index (κ3) is 2.90. The van der Waals surface area contributed by atoms with E-state index < -0.39 is 0 Å². The molecule has 0 N–H and O–H groups in total. The van der Waals surface area contributed by atoms with E-state index in [-0.39, 0.29) is 0 Å². The molecule has 0 atom stereocenters. The molecule has 0 aliphatic rings. The van der Waals surface area contributed by atoms with Gasteiger partial charge in [0.05, 0.1) is 27.8 Å². The van der Waals surface area contributed by atoms with Gasteiger partial charge in [-0.1, -0.05) is 91.0 Å². The minimum Gasteiger partial charge on any atom is -0.316 e. The Morgan fingerprint density at radius 2 is 1.32 bits per heavy atom. The molecule has 186 valence electrons. The van der Waals surface area contributed by atoms with Crippen LogP contribution in [0.1, 0.15) is 0 Å². The maximum atomic E-state index is 5.25. The Morgan fingerprint density at radius 3 is 2.20 bits per heavy atom. The van der Waals surface area contributed by atoms with Gasteiger partial charge >= 0.3 is 0 Å². The molecule has 9 rings (SSSR count). The normalized spacial score (nSPS) is 12.0. The number of hydrogen-bond donors (Lipinski definition) is 0. The second kappa shape index (κ2) is 8.01. The van der Waals surface area contributed by atoms with Crippen molar-refractivity contribution in [3.05, 3.63) is 134 Å². The molecule has 3 heterocycles. The topological polar surface area (TPSA) is 35.6 Å². The Kier molecular flexibility index (Phi) is 4.30. The average Bonchev–Trinajstić information content (AvgIpc) is 3.60. The minimum absolute atomic E-state index is 0.685. The van der Waals surface area contributed by atoms with Gasteiger partial charge in [-0.3, -0.25) is 4.57 Å². The number of hydrogen-bond acceptors (Lipinski definition) is 2. The highest BCUT2D eigenvalue weighted by molar-refractivity contribution is 6.29. The summed E-state index contributed by atoms with van der Waals surface area (Å²) in [5.74, 6) is 0.685. The lowest BCUT2D eigenvalue weighted by molar-refractivity contribution is 1.01. The van der Waals surface area contributed by atoms with E-state index in [4.69, 9.17) is 9.97 Å². The SMILES string of the molecule is c1ccc(-c2nc(-n3c4cccc5ccc6c(c54)c3cc3ccn(-c4ccccc4)c36)nc3ccccc23)cc1. The molecule has 0 bridgehead atoms. The molecule has 40 heavy (non-hydrogen) atoms. The Bertz CT molecular complexity index is 2360. The highest BCUT2D eigenvalue weighted by Gasteiger charge is 2.22. The molecule has 0 unspecified atom stereocenters. The molecular formula is C36H22N4. The lowest BCUT2D eigenvalue weighted by atomic mass is 10.0. The molecule has 6 aromatic carbocycles. The summed E-state index contributed by atoms with van der Waals surface area (Å²) in [5, 5.41) is 7.17. The van der Waals surface area contributed by atoms with Crippen LogP contribution in [0.3, 0.4) is 0 Å². The molecule has 9 aromatic rings. The molecule has 4 nitrogen and oxygen atoms in total. The van der Waals surface area contributed by atoms with Crippen molar-refractivity contribution in [2.75, 3.05) is 0 Å². The smallest absolute Gasteiger partial charge is 0.235 e. The fourth-order valence-corrected chi connectivity index (χ4v) is 6.38. The first kappa shape index (κ1) is 21.5. The van der Waals surface area contributed by atoms with Crippen molar-refractivity contribution in [2.24, 2.45) is 0 Å². The molecule has 0 radical (unpaired) electrons. The first-order valence-electron chi connectivity index (χ1n) is 13.5. The second-order valence-corrected chi connectivity index (χ2v) is 10.3. The summed E-state index contributed by atoms with van der Waals surface area (Å²) in [6.07, 6.45) is 2.17. The Hall–Kier alpha value is -5.48. The third-order valence-corrected chi connectivity index (χ3v) is 8.10. The van der Waals surface area contributed by atoms with Gasteiger partial charge in [0.1, 0.15) is 0 Å². The molecule has 0 amide bonds. The van der Waals surface area contributed by atoms with Crippen molar-refractivity contribution in [3.8, 4) is 22.9 Å². The van der Waals surface area contributed by atoms with E-state index in [0.29, 0.717) is 5.95 Å². The van der Waals surface area contributed by atoms with Crippen molar-refractivity contribution in [2.45, 2.75) is 0 Å². The molecule has 0 saturated heterocycles. The largest absolute Gasteiger partial charge is 0.316 e. The third-order valence-electron chi connectivity index (χ3n) is 8.10. The second-order valence-electron chi connectivity index (χ2n) is 10.3. The number of benzene rings is 6. The molecule has 0 saturated carbocycles. The Labute approximate surface area is 229 Å². The quantitative estimate of drug-likeness (QED) is 0.222. The number of rotatable bonds is 3. The maximum Gasteiger partial charge on any atom is 0.235 e. The van der Waals surface area contributed by atoms with Crippen LogP contribution >= 0.6 is 0 Å². The lowest BCUT2D eigenvalue weighted by Crippen LogP contribution is -2.03. The van der Waals surface area contributed by atoms with Crippen LogP contribution in [0, 0.1) is 0 Å². The minimum atomic E-state index is 0.685. The number of nitrogens with zero attached hydrogens (tertiary/aromatic N) is 4. The predicted molar refractivity (Wildman–Crippen MR) is 165 cm³/mol. The van der Waals surface area contributed by atoms with E-state index in [0.717, 1.165) is 38.9 Å². The Balaban J connectivity index is 1.43. The van der Waals surface area contributed by atoms with Gasteiger partial charge in [0.25, 0.3) is 0 Å². The van der Waals surface area contributed by atoms with Crippen LogP contribution in [0.15, 0.2) is 134 Å². The molecule has 0 aliphatic carbocycles. The maximum absolute atomic E-state index is 5.25. The van der Waals surface area contributed by atoms with Crippen molar-refractivity contribution in [1.82, 2.24) is 19.1 Å². The summed E-state index contributed by atoms with van der Waals surface area (Å²) in [7, 11) is 0. The van der Waals surface area contributed by atoms with Gasteiger partial charge in [0.2, 0.25) is 5.95 Å². The van der Waals surface area contributed by atoms with Crippen LogP contribution < -0.4 is 0 Å². The van der Waals surface area contributed by atoms with Crippen molar-refractivity contribution in [3.63, 3.8) is 0 Å². The zero-order chi connectivity index (χ0) is 26.2. The van der Waals surface area contributed by atoms with Gasteiger partial charge in [-0.15, -0.1) is 0 Å². The standard InChI is InChI=1S/C36H22N4/c1-3-10-24(11-4-1)34-27-15-7-8-16-29(27)37-36(38-34)40-30-17-9-12-23-18-19-28-33(32(23)30)31(40)22-25-20-21-39(35(25)28)26-13-5-2-6-14-26/h1-22H. The summed E-state index contributed by atoms with van der Waals surface area (Å²) in [4.78, 5) is 10.4. The van der Waals surface area contributed by atoms with Crippen molar-refractivity contribution < 1.29 is 0 Å². The van der Waals surface area contributed by atoms with E-state index in [1.54, 1.807) is 0 Å². The fraction of sp³-hybridized carbons (Fsp3) is 0. The van der Waals surface area contributed by atoms with Gasteiger partial charge < -0.3 is 4.57 Å². The molecule has 0 fully saturated rings. The molecular weight excluding hydrogens is 488 g/mol. The monoisotopic (exact) mass is 510 g/mol. The zero-order valence-electron chi connectivity index (χ0n) is 21.5. The first-order chi connectivity index (χ1) is 19.8. The van der Waals surface area contributed by atoms with E-state index in [1.807, 2.05) is 12.1 Å². The van der Waals surface area contributed by atoms with Gasteiger partial charge in [-0.2, -0.15) is 0 Å². The van der Waals surface area contributed by atoms with E-state index in [2.05, 4.69) is 131 Å². The Morgan fingerprint density at radius 1 is 0.525 bits per heavy atom.